The van der Waals surface area contributed by atoms with Gasteiger partial charge in [-0.25, -0.2) is 8.42 Å². The van der Waals surface area contributed by atoms with Gasteiger partial charge in [0.05, 0.1) is 4.90 Å². The van der Waals surface area contributed by atoms with Crippen molar-refractivity contribution in [2.45, 2.75) is 82.4 Å². The molecule has 1 saturated heterocycles. The van der Waals surface area contributed by atoms with E-state index in [4.69, 9.17) is 0 Å². The molecule has 3 N–H and O–H groups in total. The zero-order valence-corrected chi connectivity index (χ0v) is 23.5. The van der Waals surface area contributed by atoms with E-state index in [9.17, 15) is 13.2 Å². The Labute approximate surface area is 226 Å². The number of aromatic amines is 1. The van der Waals surface area contributed by atoms with Crippen molar-refractivity contribution in [3.05, 3.63) is 83.2 Å². The summed E-state index contributed by atoms with van der Waals surface area (Å²) in [4.78, 5) is 13.7. The fraction of sp³-hybridized carbons (Fsp3) is 0.448. The van der Waals surface area contributed by atoms with E-state index >= 15 is 0 Å². The van der Waals surface area contributed by atoms with Gasteiger partial charge in [0, 0.05) is 37.6 Å². The molecule has 8 nitrogen and oxygen atoms in total. The molecule has 0 bridgehead atoms. The van der Waals surface area contributed by atoms with Gasteiger partial charge < -0.3 is 10.6 Å². The Balaban J connectivity index is 1.51. The molecule has 1 aromatic heterocycles. The predicted molar refractivity (Wildman–Crippen MR) is 149 cm³/mol. The number of piperidine rings is 1. The molecule has 0 unspecified atom stereocenters. The number of rotatable bonds is 10. The predicted octanol–water partition coefficient (Wildman–Crippen LogP) is 4.28. The summed E-state index contributed by atoms with van der Waals surface area (Å²) >= 11 is 0. The average Bonchev–Trinajstić information content (AvgIpc) is 3.44. The average molecular weight is 538 g/mol. The van der Waals surface area contributed by atoms with E-state index in [1.54, 1.807) is 18.3 Å². The van der Waals surface area contributed by atoms with Gasteiger partial charge >= 0.3 is 0 Å². The summed E-state index contributed by atoms with van der Waals surface area (Å²) in [5.41, 5.74) is 4.23. The third-order valence-electron chi connectivity index (χ3n) is 7.26. The van der Waals surface area contributed by atoms with Gasteiger partial charge in [-0.1, -0.05) is 64.1 Å². The highest BCUT2D eigenvalue weighted by molar-refractivity contribution is 7.89. The van der Waals surface area contributed by atoms with Crippen molar-refractivity contribution >= 4 is 15.9 Å². The van der Waals surface area contributed by atoms with Crippen LogP contribution >= 0.6 is 0 Å². The number of sulfonamides is 1. The van der Waals surface area contributed by atoms with Crippen molar-refractivity contribution in [2.24, 2.45) is 0 Å². The number of H-pyrrole nitrogens is 1. The monoisotopic (exact) mass is 537 g/mol. The molecule has 3 aromatic rings. The van der Waals surface area contributed by atoms with E-state index < -0.39 is 16.1 Å². The summed E-state index contributed by atoms with van der Waals surface area (Å²) in [7, 11) is -3.85. The molecular formula is C29H39N5O3S. The second-order valence-electron chi connectivity index (χ2n) is 10.7. The summed E-state index contributed by atoms with van der Waals surface area (Å²) in [5.74, 6) is 0.449. The van der Waals surface area contributed by atoms with Gasteiger partial charge in [0.1, 0.15) is 6.04 Å². The highest BCUT2D eigenvalue weighted by Crippen LogP contribution is 2.27. The maximum Gasteiger partial charge on any atom is 0.243 e. The largest absolute Gasteiger partial charge is 0.351 e. The molecular weight excluding hydrogens is 498 g/mol. The lowest BCUT2D eigenvalue weighted by atomic mass is 9.98. The normalized spacial score (nSPS) is 18.7. The summed E-state index contributed by atoms with van der Waals surface area (Å²) < 4.78 is 28.8. The van der Waals surface area contributed by atoms with Crippen LogP contribution in [0.2, 0.25) is 0 Å². The van der Waals surface area contributed by atoms with Crippen molar-refractivity contribution in [1.82, 2.24) is 25.1 Å². The summed E-state index contributed by atoms with van der Waals surface area (Å²) in [6.07, 6.45) is 2.69. The van der Waals surface area contributed by atoms with Gasteiger partial charge in [0.15, 0.2) is 0 Å². The Bertz CT molecular complexity index is 1290. The molecule has 9 heteroatoms. The molecule has 204 valence electrons. The van der Waals surface area contributed by atoms with Crippen LogP contribution in [-0.2, 0) is 27.9 Å². The zero-order chi connectivity index (χ0) is 27.3. The SMILES string of the molecule is CC(C)c1ccc(CNC(=O)[C@H]2C[C@H](NCc3ccn[nH]3)CCN2S(=O)(=O)c2ccc(C(C)C)cc2)cc1. The van der Waals surface area contributed by atoms with Crippen LogP contribution in [0.1, 0.15) is 74.8 Å². The van der Waals surface area contributed by atoms with Crippen LogP contribution in [0.5, 0.6) is 0 Å². The minimum absolute atomic E-state index is 0.00542. The Hall–Kier alpha value is -3.01. The first-order chi connectivity index (χ1) is 18.1. The van der Waals surface area contributed by atoms with Gasteiger partial charge in [-0.3, -0.25) is 9.89 Å². The van der Waals surface area contributed by atoms with E-state index in [1.807, 2.05) is 30.3 Å². The van der Waals surface area contributed by atoms with Gasteiger partial charge in [-0.15, -0.1) is 0 Å². The van der Waals surface area contributed by atoms with E-state index in [0.717, 1.165) is 16.8 Å². The number of amides is 1. The molecule has 38 heavy (non-hydrogen) atoms. The Morgan fingerprint density at radius 2 is 1.61 bits per heavy atom. The van der Waals surface area contributed by atoms with E-state index in [2.05, 4.69) is 60.7 Å². The number of hydrogen-bond donors (Lipinski definition) is 3. The zero-order valence-electron chi connectivity index (χ0n) is 22.6. The third-order valence-corrected chi connectivity index (χ3v) is 9.18. The molecule has 2 heterocycles. The lowest BCUT2D eigenvalue weighted by Crippen LogP contribution is -2.56. The Morgan fingerprint density at radius 3 is 2.18 bits per heavy atom. The van der Waals surface area contributed by atoms with Crippen molar-refractivity contribution in [3.8, 4) is 0 Å². The molecule has 2 aromatic carbocycles. The lowest BCUT2D eigenvalue weighted by Gasteiger charge is -2.38. The molecule has 1 aliphatic rings. The van der Waals surface area contributed by atoms with Crippen LogP contribution in [0.3, 0.4) is 0 Å². The van der Waals surface area contributed by atoms with Crippen LogP contribution < -0.4 is 10.6 Å². The molecule has 0 saturated carbocycles. The van der Waals surface area contributed by atoms with Crippen LogP contribution in [0.25, 0.3) is 0 Å². The molecule has 0 radical (unpaired) electrons. The fourth-order valence-corrected chi connectivity index (χ4v) is 6.39. The number of aromatic nitrogens is 2. The minimum Gasteiger partial charge on any atom is -0.351 e. The van der Waals surface area contributed by atoms with Gasteiger partial charge in [0.25, 0.3) is 0 Å². The third kappa shape index (κ3) is 6.70. The summed E-state index contributed by atoms with van der Waals surface area (Å²) in [5, 5.41) is 13.4. The van der Waals surface area contributed by atoms with E-state index in [-0.39, 0.29) is 23.4 Å². The Morgan fingerprint density at radius 1 is 0.974 bits per heavy atom. The van der Waals surface area contributed by atoms with E-state index in [0.29, 0.717) is 37.8 Å². The summed E-state index contributed by atoms with van der Waals surface area (Å²) in [6, 6.07) is 16.2. The number of hydrogen-bond acceptors (Lipinski definition) is 5. The molecule has 0 spiro atoms. The van der Waals surface area contributed by atoms with Crippen molar-refractivity contribution in [2.75, 3.05) is 6.54 Å². The number of carbonyl (C=O) groups is 1. The number of nitrogens with one attached hydrogen (secondary N) is 3. The van der Waals surface area contributed by atoms with Gasteiger partial charge in [0.2, 0.25) is 15.9 Å². The number of benzene rings is 2. The number of nitrogens with zero attached hydrogens (tertiary/aromatic N) is 2. The lowest BCUT2D eigenvalue weighted by molar-refractivity contribution is -0.126. The number of carbonyl (C=O) groups excluding carboxylic acids is 1. The molecule has 1 aliphatic heterocycles. The second-order valence-corrected chi connectivity index (χ2v) is 12.5. The van der Waals surface area contributed by atoms with Crippen LogP contribution in [0.15, 0.2) is 65.7 Å². The second kappa shape index (κ2) is 12.2. The van der Waals surface area contributed by atoms with Crippen LogP contribution in [0, 0.1) is 0 Å². The van der Waals surface area contributed by atoms with Crippen molar-refractivity contribution in [1.29, 1.82) is 0 Å². The molecule has 4 rings (SSSR count). The molecule has 1 amide bonds. The Kier molecular flexibility index (Phi) is 9.02. The van der Waals surface area contributed by atoms with Gasteiger partial charge in [-0.05, 0) is 59.6 Å². The van der Waals surface area contributed by atoms with Gasteiger partial charge in [-0.2, -0.15) is 9.40 Å². The first kappa shape index (κ1) is 28.0. The quantitative estimate of drug-likeness (QED) is 0.358. The smallest absolute Gasteiger partial charge is 0.243 e. The molecule has 2 atom stereocenters. The first-order valence-electron chi connectivity index (χ1n) is 13.3. The van der Waals surface area contributed by atoms with Crippen LogP contribution in [-0.4, -0.2) is 47.5 Å². The maximum atomic E-state index is 13.7. The highest BCUT2D eigenvalue weighted by atomic mass is 32.2. The summed E-state index contributed by atoms with van der Waals surface area (Å²) in [6.45, 7) is 9.60. The highest BCUT2D eigenvalue weighted by Gasteiger charge is 2.40. The van der Waals surface area contributed by atoms with Crippen LogP contribution in [0.4, 0.5) is 0 Å². The molecule has 0 aliphatic carbocycles. The topological polar surface area (TPSA) is 107 Å². The van der Waals surface area contributed by atoms with Crippen molar-refractivity contribution < 1.29 is 13.2 Å². The maximum absolute atomic E-state index is 13.7. The standard InChI is InChI=1S/C29H39N5O3S/c1-20(2)23-7-5-22(6-8-23)18-31-29(35)28-17-25(30-19-26-13-15-32-33-26)14-16-34(28)38(36,37)27-11-9-24(10-12-27)21(3)4/h5-13,15,20-21,25,28,30H,14,16-19H2,1-4H3,(H,31,35)(H,32,33)/t25-,28-/m1/s1. The first-order valence-corrected chi connectivity index (χ1v) is 14.8. The van der Waals surface area contributed by atoms with Crippen molar-refractivity contribution in [3.63, 3.8) is 0 Å². The van der Waals surface area contributed by atoms with E-state index in [1.165, 1.54) is 9.87 Å². The molecule has 1 fully saturated rings. The fourth-order valence-electron chi connectivity index (χ4n) is 4.78. The minimum atomic E-state index is -3.85.